The molecule has 12 heteroatoms. The highest BCUT2D eigenvalue weighted by Gasteiger charge is 2.52. The Kier molecular flexibility index (Phi) is 14.7. The number of phenols is 2. The van der Waals surface area contributed by atoms with E-state index < -0.39 is 18.2 Å². The zero-order valence-electron chi connectivity index (χ0n) is 41.7. The first kappa shape index (κ1) is 48.9. The predicted molar refractivity (Wildman–Crippen MR) is 276 cm³/mol. The average Bonchev–Trinajstić information content (AvgIpc) is 3.92. The number of rotatable bonds is 17. The molecule has 4 bridgehead atoms. The normalized spacial score (nSPS) is 23.1. The molecule has 9 rings (SSSR count). The summed E-state index contributed by atoms with van der Waals surface area (Å²) in [6.07, 6.45) is 9.39. The van der Waals surface area contributed by atoms with Gasteiger partial charge in [0.1, 0.15) is 36.1 Å². The number of likely N-dealkylation sites (N-methyl/N-ethyl adjacent to an activating group) is 1. The van der Waals surface area contributed by atoms with Crippen molar-refractivity contribution in [2.45, 2.75) is 109 Å². The minimum atomic E-state index is -0.626. The van der Waals surface area contributed by atoms with Crippen LogP contribution >= 0.6 is 0 Å². The third kappa shape index (κ3) is 9.94. The number of ether oxygens (including phenoxy) is 4. The Morgan fingerprint density at radius 2 is 1.89 bits per heavy atom. The van der Waals surface area contributed by atoms with E-state index in [2.05, 4.69) is 96.4 Å². The summed E-state index contributed by atoms with van der Waals surface area (Å²) in [5.74, 6) is 9.17. The number of aromatic hydroxyl groups is 2. The van der Waals surface area contributed by atoms with E-state index in [-0.39, 0.29) is 53.9 Å². The number of aryl methyl sites for hydroxylation is 1. The SMILES string of the molecule is CCNc1ccccc1CCC1C2=C(C#CCc3cc(O)c(OC(CNC)CNCCC(C)C)cc3C3Oc4c(ccc5c4C4(CCC1C4)Cc1cc(O)cc(OC)c1-5)C3COC(C)=O)NC(N)C=C2. The number of nitrogens with one attached hydrogen (secondary N) is 4. The summed E-state index contributed by atoms with van der Waals surface area (Å²) < 4.78 is 26.2. The van der Waals surface area contributed by atoms with E-state index in [0.717, 1.165) is 113 Å². The molecule has 4 aromatic rings. The molecule has 0 aromatic heterocycles. The Bertz CT molecular complexity index is 2720. The number of allylic oxidation sites excluding steroid dienone is 3. The second-order valence-electron chi connectivity index (χ2n) is 20.4. The maximum Gasteiger partial charge on any atom is 0.302 e. The number of nitrogens with two attached hydrogens (primary N) is 1. The molecule has 7 atom stereocenters. The van der Waals surface area contributed by atoms with E-state index in [0.29, 0.717) is 36.9 Å². The van der Waals surface area contributed by atoms with Gasteiger partial charge in [-0.2, -0.15) is 0 Å². The Labute approximate surface area is 413 Å². The van der Waals surface area contributed by atoms with Crippen molar-refractivity contribution in [2.24, 2.45) is 23.5 Å². The second kappa shape index (κ2) is 21.1. The highest BCUT2D eigenvalue weighted by Crippen LogP contribution is 2.63. The Balaban J connectivity index is 1.24. The fourth-order valence-corrected chi connectivity index (χ4v) is 12.1. The van der Waals surface area contributed by atoms with Gasteiger partial charge in [-0.3, -0.25) is 4.79 Å². The van der Waals surface area contributed by atoms with Crippen LogP contribution in [0, 0.1) is 29.6 Å². The highest BCUT2D eigenvalue weighted by molar-refractivity contribution is 5.84. The molecule has 1 saturated carbocycles. The molecular formula is C58H71N5O7. The number of carbonyl (C=O) groups is 1. The third-order valence-electron chi connectivity index (χ3n) is 15.2. The van der Waals surface area contributed by atoms with Crippen molar-refractivity contribution in [1.29, 1.82) is 0 Å². The van der Waals surface area contributed by atoms with Crippen molar-refractivity contribution in [3.05, 3.63) is 117 Å². The molecule has 370 valence electrons. The van der Waals surface area contributed by atoms with Crippen molar-refractivity contribution in [2.75, 3.05) is 52.3 Å². The van der Waals surface area contributed by atoms with E-state index in [4.69, 9.17) is 24.7 Å². The Morgan fingerprint density at radius 1 is 1.04 bits per heavy atom. The number of para-hydroxylation sites is 1. The first-order valence-corrected chi connectivity index (χ1v) is 25.4. The molecule has 0 amide bonds. The lowest BCUT2D eigenvalue weighted by Crippen LogP contribution is -2.39. The molecule has 12 nitrogen and oxygen atoms in total. The number of carbonyl (C=O) groups excluding carboxylic acids is 1. The highest BCUT2D eigenvalue weighted by atomic mass is 16.5. The molecular weight excluding hydrogens is 879 g/mol. The van der Waals surface area contributed by atoms with Gasteiger partial charge in [0.25, 0.3) is 0 Å². The third-order valence-corrected chi connectivity index (χ3v) is 15.2. The van der Waals surface area contributed by atoms with Gasteiger partial charge < -0.3 is 56.2 Å². The summed E-state index contributed by atoms with van der Waals surface area (Å²) in [7, 11) is 3.55. The molecule has 3 heterocycles. The minimum Gasteiger partial charge on any atom is -0.508 e. The summed E-state index contributed by atoms with van der Waals surface area (Å²) in [5.41, 5.74) is 17.3. The first-order valence-electron chi connectivity index (χ1n) is 25.4. The van der Waals surface area contributed by atoms with E-state index in [1.54, 1.807) is 19.2 Å². The zero-order valence-corrected chi connectivity index (χ0v) is 41.7. The van der Waals surface area contributed by atoms with Crippen molar-refractivity contribution >= 4 is 11.7 Å². The molecule has 7 unspecified atom stereocenters. The Hall–Kier alpha value is -6.13. The van der Waals surface area contributed by atoms with Gasteiger partial charge in [-0.1, -0.05) is 56.2 Å². The van der Waals surface area contributed by atoms with Crippen LogP contribution < -0.4 is 41.2 Å². The Morgan fingerprint density at radius 3 is 2.67 bits per heavy atom. The largest absolute Gasteiger partial charge is 0.508 e. The molecule has 3 aliphatic heterocycles. The second-order valence-corrected chi connectivity index (χ2v) is 20.4. The van der Waals surface area contributed by atoms with E-state index >= 15 is 0 Å². The van der Waals surface area contributed by atoms with Crippen LogP contribution in [0.15, 0.2) is 84.1 Å². The minimum absolute atomic E-state index is 0.00736. The van der Waals surface area contributed by atoms with E-state index in [1.807, 2.05) is 25.3 Å². The molecule has 5 aliphatic rings. The number of esters is 1. The van der Waals surface area contributed by atoms with Crippen LogP contribution in [0.25, 0.3) is 11.1 Å². The molecule has 2 aliphatic carbocycles. The summed E-state index contributed by atoms with van der Waals surface area (Å²) in [5, 5.41) is 37.0. The van der Waals surface area contributed by atoms with Crippen molar-refractivity contribution in [3.8, 4) is 51.7 Å². The van der Waals surface area contributed by atoms with Crippen molar-refractivity contribution < 1.29 is 34.0 Å². The lowest BCUT2D eigenvalue weighted by atomic mass is 9.64. The van der Waals surface area contributed by atoms with Gasteiger partial charge >= 0.3 is 5.97 Å². The first-order chi connectivity index (χ1) is 33.9. The number of anilines is 1. The topological polar surface area (TPSA) is 169 Å². The fourth-order valence-electron chi connectivity index (χ4n) is 12.1. The molecule has 70 heavy (non-hydrogen) atoms. The molecule has 0 saturated heterocycles. The van der Waals surface area contributed by atoms with Gasteiger partial charge in [0, 0.05) is 72.4 Å². The van der Waals surface area contributed by atoms with Crippen LogP contribution in [0.1, 0.15) is 105 Å². The number of benzene rings is 4. The molecule has 1 spiro atoms. The van der Waals surface area contributed by atoms with Crippen LogP contribution in [0.5, 0.6) is 28.7 Å². The summed E-state index contributed by atoms with van der Waals surface area (Å²) in [4.78, 5) is 12.7. The van der Waals surface area contributed by atoms with Crippen molar-refractivity contribution in [3.63, 3.8) is 0 Å². The van der Waals surface area contributed by atoms with Crippen molar-refractivity contribution in [1.82, 2.24) is 16.0 Å². The molecule has 8 N–H and O–H groups in total. The van der Waals surface area contributed by atoms with Crippen LogP contribution in [-0.4, -0.2) is 75.4 Å². The van der Waals surface area contributed by atoms with Crippen LogP contribution in [0.3, 0.4) is 0 Å². The number of hydrogen-bond acceptors (Lipinski definition) is 12. The number of phenolic OH excluding ortho intramolecular Hbond substituents is 2. The maximum absolute atomic E-state index is 12.7. The average molecular weight is 950 g/mol. The lowest BCUT2D eigenvalue weighted by Gasteiger charge is -2.40. The summed E-state index contributed by atoms with van der Waals surface area (Å²) in [6, 6.07) is 20.2. The van der Waals surface area contributed by atoms with Gasteiger partial charge in [0.15, 0.2) is 11.5 Å². The van der Waals surface area contributed by atoms with E-state index in [9.17, 15) is 15.0 Å². The number of fused-ring (bicyclic) bond motifs is 6. The number of dihydropyridines is 1. The lowest BCUT2D eigenvalue weighted by molar-refractivity contribution is -0.141. The van der Waals surface area contributed by atoms with Gasteiger partial charge in [-0.05, 0) is 147 Å². The van der Waals surface area contributed by atoms with E-state index in [1.165, 1.54) is 12.5 Å². The molecule has 0 radical (unpaired) electrons. The zero-order chi connectivity index (χ0) is 49.1. The molecule has 4 aromatic carbocycles. The van der Waals surface area contributed by atoms with Gasteiger partial charge in [0.2, 0.25) is 0 Å². The van der Waals surface area contributed by atoms with Gasteiger partial charge in [0.05, 0.1) is 24.9 Å². The molecule has 1 fully saturated rings. The summed E-state index contributed by atoms with van der Waals surface area (Å²) in [6.45, 7) is 10.9. The smallest absolute Gasteiger partial charge is 0.302 e. The number of methoxy groups -OCH3 is 1. The predicted octanol–water partition coefficient (Wildman–Crippen LogP) is 8.69. The van der Waals surface area contributed by atoms with Gasteiger partial charge in [-0.25, -0.2) is 0 Å². The monoisotopic (exact) mass is 950 g/mol. The fraction of sp³-hybridized carbons (Fsp3) is 0.466. The maximum atomic E-state index is 12.7. The van der Waals surface area contributed by atoms with Gasteiger partial charge in [-0.15, -0.1) is 0 Å². The number of hydrogen-bond donors (Lipinski definition) is 7. The summed E-state index contributed by atoms with van der Waals surface area (Å²) >= 11 is 0. The van der Waals surface area contributed by atoms with Crippen LogP contribution in [0.4, 0.5) is 5.69 Å². The van der Waals surface area contributed by atoms with Crippen LogP contribution in [-0.2, 0) is 34.2 Å². The quantitative estimate of drug-likeness (QED) is 0.0306. The standard InChI is InChI=1S/C58H71N5O7/c1-7-62-48-13-9-8-11-36(48)15-16-42-38-21-23-58(29-38)30-39-25-40(65)27-52(67-6)54(39)45-18-17-44-47(33-68-35(4)64)56(70-57(44)55(45)58)46-28-51(69-41(31-60-5)32-61-24-22-34(2)3)50(66)26-37(46)12-10-14-49-43(42)19-20-53(59)63-49/h8-9,11,13,17-20,25-28,34,38,41-42,47,53,56,60-63,65-66H,7,12,15-16,21-24,29-33,59H2,1-6H3. The van der Waals surface area contributed by atoms with Crippen LogP contribution in [0.2, 0.25) is 0 Å².